The van der Waals surface area contributed by atoms with Gasteiger partial charge in [-0.1, -0.05) is 29.8 Å². The number of aliphatic imine (C=N–C) groups is 1. The molecule has 1 amide bonds. The first kappa shape index (κ1) is 17.2. The third-order valence-electron chi connectivity index (χ3n) is 4.31. The second-order valence-corrected chi connectivity index (χ2v) is 6.72. The van der Waals surface area contributed by atoms with E-state index in [9.17, 15) is 4.79 Å². The fourth-order valence-corrected chi connectivity index (χ4v) is 3.11. The van der Waals surface area contributed by atoms with E-state index in [1.165, 1.54) is 6.33 Å². The number of fused-ring (bicyclic) bond motifs is 1. The van der Waals surface area contributed by atoms with Gasteiger partial charge in [0, 0.05) is 16.7 Å². The summed E-state index contributed by atoms with van der Waals surface area (Å²) in [6.07, 6.45) is 1.59. The lowest BCUT2D eigenvalue weighted by molar-refractivity contribution is -0.115. The van der Waals surface area contributed by atoms with Gasteiger partial charge in [0.05, 0.1) is 29.2 Å². The number of anilines is 2. The molecule has 0 radical (unpaired) electrons. The van der Waals surface area contributed by atoms with E-state index in [-0.39, 0.29) is 12.3 Å². The lowest BCUT2D eigenvalue weighted by Gasteiger charge is -2.07. The van der Waals surface area contributed by atoms with E-state index < -0.39 is 0 Å². The summed E-state index contributed by atoms with van der Waals surface area (Å²) in [6.45, 7) is 1.91. The Bertz CT molecular complexity index is 1090. The summed E-state index contributed by atoms with van der Waals surface area (Å²) in [6, 6.07) is 13.0. The number of carbonyl (C=O) groups is 1. The predicted octanol–water partition coefficient (Wildman–Crippen LogP) is 4.15. The molecule has 1 aliphatic rings. The molecule has 3 N–H and O–H groups in total. The van der Waals surface area contributed by atoms with E-state index in [1.807, 2.05) is 37.3 Å². The lowest BCUT2D eigenvalue weighted by atomic mass is 10.0. The number of aromatic nitrogens is 2. The van der Waals surface area contributed by atoms with Crippen LogP contribution in [0, 0.1) is 6.92 Å². The van der Waals surface area contributed by atoms with Crippen LogP contribution >= 0.6 is 11.6 Å². The summed E-state index contributed by atoms with van der Waals surface area (Å²) in [4.78, 5) is 25.3. The Morgan fingerprint density at radius 3 is 2.74 bits per heavy atom. The second-order valence-electron chi connectivity index (χ2n) is 6.31. The minimum atomic E-state index is -0.135. The maximum absolute atomic E-state index is 12.4. The highest BCUT2D eigenvalue weighted by molar-refractivity contribution is 6.32. The van der Waals surface area contributed by atoms with Crippen molar-refractivity contribution in [3.05, 3.63) is 64.9 Å². The summed E-state index contributed by atoms with van der Waals surface area (Å²) >= 11 is 6.18. The maximum atomic E-state index is 12.4. The molecule has 7 heteroatoms. The third kappa shape index (κ3) is 3.52. The molecule has 27 heavy (non-hydrogen) atoms. The molecule has 1 aromatic heterocycles. The normalized spacial score (nSPS) is 13.4. The number of hydrogen-bond donors (Lipinski definition) is 2. The molecule has 0 aliphatic carbocycles. The molecule has 0 saturated heterocycles. The summed E-state index contributed by atoms with van der Waals surface area (Å²) in [7, 11) is 0. The molecule has 0 unspecified atom stereocenters. The number of hydrogen-bond acceptors (Lipinski definition) is 5. The Morgan fingerprint density at radius 2 is 1.93 bits per heavy atom. The van der Waals surface area contributed by atoms with Gasteiger partial charge >= 0.3 is 0 Å². The summed E-state index contributed by atoms with van der Waals surface area (Å²) in [5, 5.41) is 3.46. The number of amides is 1. The van der Waals surface area contributed by atoms with Crippen molar-refractivity contribution in [3.8, 4) is 11.3 Å². The van der Waals surface area contributed by atoms with Gasteiger partial charge in [0.15, 0.2) is 0 Å². The van der Waals surface area contributed by atoms with Crippen LogP contribution in [0.2, 0.25) is 5.02 Å². The van der Waals surface area contributed by atoms with E-state index in [1.54, 1.807) is 12.1 Å². The number of benzene rings is 2. The van der Waals surface area contributed by atoms with Crippen LogP contribution in [0.3, 0.4) is 0 Å². The van der Waals surface area contributed by atoms with Crippen molar-refractivity contribution >= 4 is 40.4 Å². The van der Waals surface area contributed by atoms with Crippen LogP contribution in [0.4, 0.5) is 17.2 Å². The Morgan fingerprint density at radius 1 is 1.11 bits per heavy atom. The molecular formula is C20H16ClN5O. The number of aryl methyl sites for hydroxylation is 1. The molecule has 0 spiro atoms. The molecule has 2 heterocycles. The maximum Gasteiger partial charge on any atom is 0.230 e. The van der Waals surface area contributed by atoms with Crippen LogP contribution in [-0.4, -0.2) is 21.6 Å². The Kier molecular flexibility index (Phi) is 4.33. The fraction of sp³-hybridized carbons (Fsp3) is 0.100. The Balaban J connectivity index is 1.80. The van der Waals surface area contributed by atoms with Gasteiger partial charge in [0.2, 0.25) is 5.91 Å². The predicted molar refractivity (Wildman–Crippen MR) is 108 cm³/mol. The van der Waals surface area contributed by atoms with Gasteiger partial charge in [-0.2, -0.15) is 0 Å². The molecule has 0 bridgehead atoms. The average Bonchev–Trinajstić information content (AvgIpc) is 2.80. The summed E-state index contributed by atoms with van der Waals surface area (Å²) < 4.78 is 0. The van der Waals surface area contributed by atoms with E-state index >= 15 is 0 Å². The van der Waals surface area contributed by atoms with Crippen LogP contribution in [0.1, 0.15) is 17.5 Å². The van der Waals surface area contributed by atoms with Gasteiger partial charge in [0.1, 0.15) is 12.1 Å². The fourth-order valence-electron chi connectivity index (χ4n) is 2.95. The van der Waals surface area contributed by atoms with Gasteiger partial charge in [-0.15, -0.1) is 0 Å². The van der Waals surface area contributed by atoms with Crippen LogP contribution in [0.5, 0.6) is 0 Å². The van der Waals surface area contributed by atoms with E-state index in [2.05, 4.69) is 15.3 Å². The monoisotopic (exact) mass is 377 g/mol. The molecule has 0 fully saturated rings. The van der Waals surface area contributed by atoms with E-state index in [0.717, 1.165) is 16.7 Å². The quantitative estimate of drug-likeness (QED) is 0.701. The first-order valence-corrected chi connectivity index (χ1v) is 8.73. The number of nitrogens with one attached hydrogen (secondary N) is 1. The molecular weight excluding hydrogens is 362 g/mol. The van der Waals surface area contributed by atoms with Gasteiger partial charge < -0.3 is 11.1 Å². The van der Waals surface area contributed by atoms with Gasteiger partial charge in [-0.3, -0.25) is 9.79 Å². The highest BCUT2D eigenvalue weighted by Crippen LogP contribution is 2.34. The summed E-state index contributed by atoms with van der Waals surface area (Å²) in [5.41, 5.74) is 11.1. The first-order chi connectivity index (χ1) is 13.0. The van der Waals surface area contributed by atoms with Crippen molar-refractivity contribution in [2.45, 2.75) is 13.3 Å². The topological polar surface area (TPSA) is 93.3 Å². The van der Waals surface area contributed by atoms with Crippen molar-refractivity contribution in [2.75, 3.05) is 11.1 Å². The van der Waals surface area contributed by atoms with E-state index in [0.29, 0.717) is 33.6 Å². The zero-order chi connectivity index (χ0) is 19.0. The molecule has 2 aromatic carbocycles. The molecule has 6 nitrogen and oxygen atoms in total. The van der Waals surface area contributed by atoms with Crippen molar-refractivity contribution in [3.63, 3.8) is 0 Å². The number of rotatable bonds is 2. The zero-order valence-electron chi connectivity index (χ0n) is 14.5. The standard InChI is InChI=1S/C20H16ClN5O/c1-11-5-17-18(7-14(11)21)26-20(27)9-16(25-17)13-4-2-3-12(6-13)15-8-19(22)24-10-23-15/h2-8,10H,9H2,1H3,(H,26,27)(H2,22,23,24). The van der Waals surface area contributed by atoms with E-state index in [4.69, 9.17) is 22.3 Å². The third-order valence-corrected chi connectivity index (χ3v) is 4.72. The van der Waals surface area contributed by atoms with Crippen LogP contribution in [-0.2, 0) is 4.79 Å². The molecule has 4 rings (SSSR count). The van der Waals surface area contributed by atoms with Crippen molar-refractivity contribution < 1.29 is 4.79 Å². The van der Waals surface area contributed by atoms with Gasteiger partial charge in [-0.05, 0) is 36.2 Å². The highest BCUT2D eigenvalue weighted by Gasteiger charge is 2.18. The van der Waals surface area contributed by atoms with Crippen LogP contribution in [0.15, 0.2) is 53.8 Å². The largest absolute Gasteiger partial charge is 0.384 e. The lowest BCUT2D eigenvalue weighted by Crippen LogP contribution is -2.15. The molecule has 1 aliphatic heterocycles. The average molecular weight is 378 g/mol. The minimum Gasteiger partial charge on any atom is -0.384 e. The smallest absolute Gasteiger partial charge is 0.230 e. The number of carbonyl (C=O) groups excluding carboxylic acids is 1. The molecule has 0 atom stereocenters. The minimum absolute atomic E-state index is 0.135. The number of nitrogens with two attached hydrogens (primary N) is 1. The van der Waals surface area contributed by atoms with Crippen molar-refractivity contribution in [2.24, 2.45) is 4.99 Å². The first-order valence-electron chi connectivity index (χ1n) is 8.35. The van der Waals surface area contributed by atoms with Crippen LogP contribution < -0.4 is 11.1 Å². The van der Waals surface area contributed by atoms with Crippen molar-refractivity contribution in [1.29, 1.82) is 0 Å². The van der Waals surface area contributed by atoms with Gasteiger partial charge in [0.25, 0.3) is 0 Å². The second kappa shape index (κ2) is 6.81. The van der Waals surface area contributed by atoms with Crippen molar-refractivity contribution in [1.82, 2.24) is 9.97 Å². The molecule has 0 saturated carbocycles. The number of halogens is 1. The van der Waals surface area contributed by atoms with Crippen LogP contribution in [0.25, 0.3) is 11.3 Å². The number of nitrogens with zero attached hydrogens (tertiary/aromatic N) is 3. The molecule has 134 valence electrons. The SMILES string of the molecule is Cc1cc2c(cc1Cl)NC(=O)CC(c1cccc(-c3cc(N)ncn3)c1)=N2. The Hall–Kier alpha value is -3.25. The summed E-state index contributed by atoms with van der Waals surface area (Å²) in [5.74, 6) is 0.266. The Labute approximate surface area is 161 Å². The number of nitrogen functional groups attached to an aromatic ring is 1. The zero-order valence-corrected chi connectivity index (χ0v) is 15.3. The van der Waals surface area contributed by atoms with Gasteiger partial charge in [-0.25, -0.2) is 9.97 Å². The highest BCUT2D eigenvalue weighted by atomic mass is 35.5. The molecule has 3 aromatic rings.